The van der Waals surface area contributed by atoms with Crippen molar-refractivity contribution in [1.82, 2.24) is 0 Å². The standard InChI is InChI=1S/C14H23NO/c15-3-1-2-13(16)14-7-10-4-11(8-14)6-12(5-10)9-14/h10-12H,1-9,15H2. The van der Waals surface area contributed by atoms with Gasteiger partial charge in [-0.3, -0.25) is 4.79 Å². The van der Waals surface area contributed by atoms with Crippen LogP contribution in [0, 0.1) is 23.2 Å². The van der Waals surface area contributed by atoms with Gasteiger partial charge in [0.05, 0.1) is 0 Å². The van der Waals surface area contributed by atoms with Crippen LogP contribution in [0.3, 0.4) is 0 Å². The number of Topliss-reactive ketones (excluding diaryl/α,β-unsaturated/α-hetero) is 1. The zero-order chi connectivity index (χ0) is 11.2. The summed E-state index contributed by atoms with van der Waals surface area (Å²) < 4.78 is 0. The Balaban J connectivity index is 1.75. The summed E-state index contributed by atoms with van der Waals surface area (Å²) in [5, 5.41) is 0. The van der Waals surface area contributed by atoms with Gasteiger partial charge in [-0.25, -0.2) is 0 Å². The molecule has 2 nitrogen and oxygen atoms in total. The Labute approximate surface area is 98.0 Å². The Kier molecular flexibility index (Phi) is 2.58. The summed E-state index contributed by atoms with van der Waals surface area (Å²) in [7, 11) is 0. The molecule has 0 aromatic rings. The zero-order valence-corrected chi connectivity index (χ0v) is 10.1. The normalized spacial score (nSPS) is 44.9. The van der Waals surface area contributed by atoms with E-state index >= 15 is 0 Å². The monoisotopic (exact) mass is 221 g/mol. The summed E-state index contributed by atoms with van der Waals surface area (Å²) in [4.78, 5) is 12.4. The highest BCUT2D eigenvalue weighted by atomic mass is 16.1. The molecular weight excluding hydrogens is 198 g/mol. The van der Waals surface area contributed by atoms with Crippen molar-refractivity contribution in [2.45, 2.75) is 51.4 Å². The molecule has 4 aliphatic carbocycles. The van der Waals surface area contributed by atoms with Crippen LogP contribution in [0.1, 0.15) is 51.4 Å². The highest BCUT2D eigenvalue weighted by Gasteiger charge is 2.53. The van der Waals surface area contributed by atoms with Gasteiger partial charge in [0.1, 0.15) is 5.78 Å². The molecule has 0 saturated heterocycles. The van der Waals surface area contributed by atoms with Gasteiger partial charge >= 0.3 is 0 Å². The van der Waals surface area contributed by atoms with Crippen LogP contribution in [0.5, 0.6) is 0 Å². The topological polar surface area (TPSA) is 43.1 Å². The van der Waals surface area contributed by atoms with Gasteiger partial charge in [0, 0.05) is 11.8 Å². The molecule has 0 spiro atoms. The lowest BCUT2D eigenvalue weighted by Gasteiger charge is -2.56. The molecule has 16 heavy (non-hydrogen) atoms. The minimum atomic E-state index is 0.115. The van der Waals surface area contributed by atoms with E-state index in [0.717, 1.165) is 30.6 Å². The molecule has 0 aromatic heterocycles. The molecule has 0 radical (unpaired) electrons. The van der Waals surface area contributed by atoms with Crippen molar-refractivity contribution in [3.8, 4) is 0 Å². The van der Waals surface area contributed by atoms with Crippen LogP contribution in [-0.4, -0.2) is 12.3 Å². The van der Waals surface area contributed by atoms with E-state index in [9.17, 15) is 4.79 Å². The summed E-state index contributed by atoms with van der Waals surface area (Å²) in [6, 6.07) is 0. The van der Waals surface area contributed by atoms with Gasteiger partial charge < -0.3 is 5.73 Å². The first-order valence-electron chi connectivity index (χ1n) is 6.95. The fraction of sp³-hybridized carbons (Fsp3) is 0.929. The second kappa shape index (κ2) is 3.83. The van der Waals surface area contributed by atoms with Crippen molar-refractivity contribution in [3.05, 3.63) is 0 Å². The van der Waals surface area contributed by atoms with Crippen LogP contribution in [-0.2, 0) is 4.79 Å². The average Bonchev–Trinajstić information content (AvgIpc) is 2.24. The fourth-order valence-electron chi connectivity index (χ4n) is 4.98. The minimum absolute atomic E-state index is 0.115. The first kappa shape index (κ1) is 10.8. The maximum absolute atomic E-state index is 12.4. The molecule has 4 saturated carbocycles. The number of nitrogens with two attached hydrogens (primary N) is 1. The predicted molar refractivity (Wildman–Crippen MR) is 63.9 cm³/mol. The number of rotatable bonds is 4. The van der Waals surface area contributed by atoms with Crippen LogP contribution in [0.2, 0.25) is 0 Å². The van der Waals surface area contributed by atoms with Gasteiger partial charge in [-0.2, -0.15) is 0 Å². The Morgan fingerprint density at radius 3 is 2.00 bits per heavy atom. The summed E-state index contributed by atoms with van der Waals surface area (Å²) in [5.74, 6) is 3.20. The van der Waals surface area contributed by atoms with Crippen LogP contribution in [0.4, 0.5) is 0 Å². The molecule has 2 heteroatoms. The van der Waals surface area contributed by atoms with Crippen LogP contribution in [0.25, 0.3) is 0 Å². The number of carbonyl (C=O) groups excluding carboxylic acids is 1. The number of hydrogen-bond acceptors (Lipinski definition) is 2. The molecule has 0 aliphatic heterocycles. The van der Waals surface area contributed by atoms with Gasteiger partial charge in [0.2, 0.25) is 0 Å². The van der Waals surface area contributed by atoms with E-state index in [0.29, 0.717) is 12.3 Å². The molecule has 0 unspecified atom stereocenters. The summed E-state index contributed by atoms with van der Waals surface area (Å²) in [6.07, 6.45) is 9.52. The molecule has 0 atom stereocenters. The summed E-state index contributed by atoms with van der Waals surface area (Å²) in [6.45, 7) is 0.665. The van der Waals surface area contributed by atoms with Gasteiger partial charge in [-0.15, -0.1) is 0 Å². The maximum Gasteiger partial charge on any atom is 0.139 e. The highest BCUT2D eigenvalue weighted by Crippen LogP contribution is 2.60. The molecule has 0 amide bonds. The molecule has 0 aromatic carbocycles. The molecule has 4 aliphatic rings. The Hall–Kier alpha value is -0.370. The third-order valence-corrected chi connectivity index (χ3v) is 5.24. The van der Waals surface area contributed by atoms with Crippen molar-refractivity contribution in [2.75, 3.05) is 6.54 Å². The van der Waals surface area contributed by atoms with Crippen molar-refractivity contribution in [1.29, 1.82) is 0 Å². The van der Waals surface area contributed by atoms with E-state index in [1.165, 1.54) is 38.5 Å². The van der Waals surface area contributed by atoms with Crippen molar-refractivity contribution in [2.24, 2.45) is 28.9 Å². The quantitative estimate of drug-likeness (QED) is 0.792. The second-order valence-corrected chi connectivity index (χ2v) is 6.51. The SMILES string of the molecule is NCCCC(=O)C12CC3CC(CC(C3)C1)C2. The lowest BCUT2D eigenvalue weighted by molar-refractivity contribution is -0.143. The van der Waals surface area contributed by atoms with E-state index < -0.39 is 0 Å². The van der Waals surface area contributed by atoms with Gasteiger partial charge in [-0.1, -0.05) is 0 Å². The number of hydrogen-bond donors (Lipinski definition) is 1. The van der Waals surface area contributed by atoms with Crippen molar-refractivity contribution < 1.29 is 4.79 Å². The first-order chi connectivity index (χ1) is 7.72. The second-order valence-electron chi connectivity index (χ2n) is 6.51. The Morgan fingerprint density at radius 1 is 1.06 bits per heavy atom. The van der Waals surface area contributed by atoms with E-state index in [4.69, 9.17) is 5.73 Å². The average molecular weight is 221 g/mol. The van der Waals surface area contributed by atoms with E-state index in [-0.39, 0.29) is 5.41 Å². The van der Waals surface area contributed by atoms with Crippen molar-refractivity contribution in [3.63, 3.8) is 0 Å². The predicted octanol–water partition coefficient (Wildman–Crippen LogP) is 2.51. The Morgan fingerprint density at radius 2 is 1.56 bits per heavy atom. The zero-order valence-electron chi connectivity index (χ0n) is 10.1. The van der Waals surface area contributed by atoms with E-state index in [1.807, 2.05) is 0 Å². The molecule has 2 N–H and O–H groups in total. The number of carbonyl (C=O) groups is 1. The maximum atomic E-state index is 12.4. The third kappa shape index (κ3) is 1.62. The molecule has 90 valence electrons. The van der Waals surface area contributed by atoms with Crippen LogP contribution in [0.15, 0.2) is 0 Å². The lowest BCUT2D eigenvalue weighted by atomic mass is 9.48. The van der Waals surface area contributed by atoms with Crippen LogP contribution < -0.4 is 5.73 Å². The lowest BCUT2D eigenvalue weighted by Crippen LogP contribution is -2.50. The fourth-order valence-corrected chi connectivity index (χ4v) is 4.98. The molecule has 4 bridgehead atoms. The Bertz CT molecular complexity index is 262. The molecular formula is C14H23NO. The van der Waals surface area contributed by atoms with Gasteiger partial charge in [-0.05, 0) is 69.2 Å². The first-order valence-corrected chi connectivity index (χ1v) is 6.95. The van der Waals surface area contributed by atoms with Crippen LogP contribution >= 0.6 is 0 Å². The molecule has 4 rings (SSSR count). The van der Waals surface area contributed by atoms with E-state index in [1.54, 1.807) is 0 Å². The largest absolute Gasteiger partial charge is 0.330 e. The molecule has 0 heterocycles. The smallest absolute Gasteiger partial charge is 0.139 e. The van der Waals surface area contributed by atoms with E-state index in [2.05, 4.69) is 0 Å². The minimum Gasteiger partial charge on any atom is -0.330 e. The van der Waals surface area contributed by atoms with Crippen molar-refractivity contribution >= 4 is 5.78 Å². The number of ketones is 1. The van der Waals surface area contributed by atoms with Gasteiger partial charge in [0.25, 0.3) is 0 Å². The highest BCUT2D eigenvalue weighted by molar-refractivity contribution is 5.85. The summed E-state index contributed by atoms with van der Waals surface area (Å²) in [5.41, 5.74) is 5.63. The summed E-state index contributed by atoms with van der Waals surface area (Å²) >= 11 is 0. The van der Waals surface area contributed by atoms with Gasteiger partial charge in [0.15, 0.2) is 0 Å². The molecule has 4 fully saturated rings. The third-order valence-electron chi connectivity index (χ3n) is 5.24.